The molecule has 0 N–H and O–H groups in total. The van der Waals surface area contributed by atoms with Crippen LogP contribution in [0.2, 0.25) is 5.15 Å². The summed E-state index contributed by atoms with van der Waals surface area (Å²) in [5.41, 5.74) is 0. The topological polar surface area (TPSA) is 12.9 Å². The Morgan fingerprint density at radius 3 is 2.67 bits per heavy atom. The molecular weight excluding hydrogens is 168 g/mol. The van der Waals surface area contributed by atoms with Crippen LogP contribution in [0, 0.1) is 5.82 Å². The van der Waals surface area contributed by atoms with Gasteiger partial charge in [-0.25, -0.2) is 9.37 Å². The van der Waals surface area contributed by atoms with E-state index in [0.717, 1.165) is 0 Å². The van der Waals surface area contributed by atoms with Crippen molar-refractivity contribution < 1.29 is 57.2 Å². The number of aromatic nitrogens is 1. The average molecular weight is 172 g/mol. The maximum absolute atomic E-state index is 12.1. The fourth-order valence-electron chi connectivity index (χ4n) is 0.366. The summed E-state index contributed by atoms with van der Waals surface area (Å²) < 4.78 is 12.1. The van der Waals surface area contributed by atoms with Crippen LogP contribution in [-0.4, -0.2) is 4.98 Å². The molecule has 0 fully saturated rings. The fourth-order valence-corrected chi connectivity index (χ4v) is 0.486. The number of hydrogen-bond donors (Lipinski definition) is 0. The number of halogens is 2. The Morgan fingerprint density at radius 1 is 1.67 bits per heavy atom. The smallest absolute Gasteiger partial charge is 1.00 e. The van der Waals surface area contributed by atoms with E-state index in [2.05, 4.69) is 4.98 Å². The minimum atomic E-state index is -0.478. The molecule has 0 aromatic carbocycles. The SMILES string of the molecule is Fc1cccnc1Cl.[H-].[K+]. The molecule has 0 aliphatic heterocycles. The molecule has 0 aliphatic rings. The van der Waals surface area contributed by atoms with Crippen LogP contribution in [0.5, 0.6) is 0 Å². The summed E-state index contributed by atoms with van der Waals surface area (Å²) in [6.45, 7) is 0. The third-order valence-electron chi connectivity index (χ3n) is 0.714. The predicted octanol–water partition coefficient (Wildman–Crippen LogP) is -1.01. The van der Waals surface area contributed by atoms with Crippen molar-refractivity contribution in [1.82, 2.24) is 4.98 Å². The molecule has 0 unspecified atom stereocenters. The molecule has 0 spiro atoms. The Labute approximate surface area is 102 Å². The maximum Gasteiger partial charge on any atom is 1.00 e. The Kier molecular flexibility index (Phi) is 5.30. The van der Waals surface area contributed by atoms with E-state index in [1.54, 1.807) is 0 Å². The molecule has 0 saturated carbocycles. The Bertz CT molecular complexity index is 178. The van der Waals surface area contributed by atoms with Gasteiger partial charge in [0, 0.05) is 6.20 Å². The molecular formula is C5H4ClFKN. The molecule has 9 heavy (non-hydrogen) atoms. The second kappa shape index (κ2) is 4.77. The average Bonchev–Trinajstić information content (AvgIpc) is 1.77. The summed E-state index contributed by atoms with van der Waals surface area (Å²) in [4.78, 5) is 3.47. The van der Waals surface area contributed by atoms with Crippen molar-refractivity contribution in [3.8, 4) is 0 Å². The normalized spacial score (nSPS) is 8.22. The van der Waals surface area contributed by atoms with Crippen molar-refractivity contribution in [2.24, 2.45) is 0 Å². The summed E-state index contributed by atoms with van der Waals surface area (Å²) in [6.07, 6.45) is 1.44. The van der Waals surface area contributed by atoms with Gasteiger partial charge in [-0.05, 0) is 12.1 Å². The quantitative estimate of drug-likeness (QED) is 0.360. The van der Waals surface area contributed by atoms with E-state index in [4.69, 9.17) is 11.6 Å². The summed E-state index contributed by atoms with van der Waals surface area (Å²) >= 11 is 5.22. The largest absolute Gasteiger partial charge is 1.00 e. The number of hydrogen-bond acceptors (Lipinski definition) is 1. The Balaban J connectivity index is 0. The first-order chi connectivity index (χ1) is 3.80. The van der Waals surface area contributed by atoms with Gasteiger partial charge in [-0.1, -0.05) is 11.6 Å². The van der Waals surface area contributed by atoms with Gasteiger partial charge in [0.25, 0.3) is 0 Å². The molecule has 44 valence electrons. The van der Waals surface area contributed by atoms with E-state index in [9.17, 15) is 4.39 Å². The first-order valence-corrected chi connectivity index (χ1v) is 2.44. The molecule has 0 aliphatic carbocycles. The second-order valence-electron chi connectivity index (χ2n) is 1.28. The van der Waals surface area contributed by atoms with Gasteiger partial charge < -0.3 is 1.43 Å². The van der Waals surface area contributed by atoms with Crippen LogP contribution in [0.25, 0.3) is 0 Å². The summed E-state index contributed by atoms with van der Waals surface area (Å²) in [5, 5.41) is -0.0764. The predicted molar refractivity (Wildman–Crippen MR) is 30.3 cm³/mol. The van der Waals surface area contributed by atoms with E-state index >= 15 is 0 Å². The van der Waals surface area contributed by atoms with Crippen molar-refractivity contribution in [3.63, 3.8) is 0 Å². The zero-order valence-corrected chi connectivity index (χ0v) is 8.81. The molecule has 0 atom stereocenters. The molecule has 4 heteroatoms. The van der Waals surface area contributed by atoms with Gasteiger partial charge in [0.15, 0.2) is 11.0 Å². The van der Waals surface area contributed by atoms with Crippen molar-refractivity contribution in [2.75, 3.05) is 0 Å². The van der Waals surface area contributed by atoms with Gasteiger partial charge >= 0.3 is 51.4 Å². The molecule has 1 aromatic rings. The van der Waals surface area contributed by atoms with Crippen molar-refractivity contribution in [3.05, 3.63) is 29.3 Å². The number of pyridine rings is 1. The van der Waals surface area contributed by atoms with Crippen LogP contribution in [0.15, 0.2) is 18.3 Å². The van der Waals surface area contributed by atoms with Crippen molar-refractivity contribution in [2.45, 2.75) is 0 Å². The van der Waals surface area contributed by atoms with Gasteiger partial charge in [0.1, 0.15) is 0 Å². The minimum absolute atomic E-state index is 0. The third-order valence-corrected chi connectivity index (χ3v) is 0.992. The zero-order chi connectivity index (χ0) is 5.98. The molecule has 1 heterocycles. The van der Waals surface area contributed by atoms with Crippen LogP contribution in [-0.2, 0) is 0 Å². The first-order valence-electron chi connectivity index (χ1n) is 2.07. The zero-order valence-electron chi connectivity index (χ0n) is 5.94. The summed E-state index contributed by atoms with van der Waals surface area (Å²) in [7, 11) is 0. The number of rotatable bonds is 0. The summed E-state index contributed by atoms with van der Waals surface area (Å²) in [6, 6.07) is 2.75. The van der Waals surface area contributed by atoms with Crippen LogP contribution in [0.4, 0.5) is 4.39 Å². The molecule has 1 nitrogen and oxygen atoms in total. The van der Waals surface area contributed by atoms with Gasteiger partial charge in [-0.3, -0.25) is 0 Å². The van der Waals surface area contributed by atoms with E-state index in [-0.39, 0.29) is 58.0 Å². The molecule has 0 bridgehead atoms. The van der Waals surface area contributed by atoms with Gasteiger partial charge in [0.05, 0.1) is 0 Å². The maximum atomic E-state index is 12.1. The Hall–Kier alpha value is 1.01. The van der Waals surface area contributed by atoms with Crippen LogP contribution < -0.4 is 51.4 Å². The monoisotopic (exact) mass is 171 g/mol. The Morgan fingerprint density at radius 2 is 2.33 bits per heavy atom. The van der Waals surface area contributed by atoms with E-state index in [1.807, 2.05) is 0 Å². The molecule has 1 rings (SSSR count). The first kappa shape index (κ1) is 10.0. The van der Waals surface area contributed by atoms with Crippen LogP contribution in [0.1, 0.15) is 1.43 Å². The van der Waals surface area contributed by atoms with E-state index in [1.165, 1.54) is 18.3 Å². The second-order valence-corrected chi connectivity index (χ2v) is 1.63. The van der Waals surface area contributed by atoms with E-state index < -0.39 is 5.82 Å². The van der Waals surface area contributed by atoms with Crippen LogP contribution in [0.3, 0.4) is 0 Å². The third kappa shape index (κ3) is 3.07. The van der Waals surface area contributed by atoms with Gasteiger partial charge in [-0.2, -0.15) is 0 Å². The standard InChI is InChI=1S/C5H3ClFN.K.H/c6-5-4(7)2-1-3-8-5;;/h1-3H;;/q;+1;-1. The van der Waals surface area contributed by atoms with Gasteiger partial charge in [0.2, 0.25) is 0 Å². The summed E-state index contributed by atoms with van der Waals surface area (Å²) in [5.74, 6) is -0.478. The van der Waals surface area contributed by atoms with Crippen LogP contribution >= 0.6 is 11.6 Å². The number of nitrogens with zero attached hydrogens (tertiary/aromatic N) is 1. The molecule has 0 saturated heterocycles. The van der Waals surface area contributed by atoms with E-state index in [0.29, 0.717) is 0 Å². The minimum Gasteiger partial charge on any atom is -1.00 e. The molecule has 1 aromatic heterocycles. The molecule has 0 radical (unpaired) electrons. The van der Waals surface area contributed by atoms with Crippen molar-refractivity contribution in [1.29, 1.82) is 0 Å². The fraction of sp³-hybridized carbons (Fsp3) is 0. The molecule has 0 amide bonds. The van der Waals surface area contributed by atoms with Crippen molar-refractivity contribution >= 4 is 11.6 Å². The van der Waals surface area contributed by atoms with Gasteiger partial charge in [-0.15, -0.1) is 0 Å².